The second kappa shape index (κ2) is 6.11. The summed E-state index contributed by atoms with van der Waals surface area (Å²) in [6, 6.07) is 1.92. The second-order valence-corrected chi connectivity index (χ2v) is 6.17. The van der Waals surface area contributed by atoms with Crippen LogP contribution in [0.5, 0.6) is 0 Å². The first-order valence-corrected chi connectivity index (χ1v) is 7.19. The van der Waals surface area contributed by atoms with Gasteiger partial charge < -0.3 is 10.6 Å². The number of anilines is 2. The van der Waals surface area contributed by atoms with E-state index < -0.39 is 0 Å². The van der Waals surface area contributed by atoms with E-state index in [2.05, 4.69) is 46.5 Å². The lowest BCUT2D eigenvalue weighted by molar-refractivity contribution is 0.546. The molecule has 6 heteroatoms. The fourth-order valence-electron chi connectivity index (χ4n) is 1.89. The highest BCUT2D eigenvalue weighted by Crippen LogP contribution is 2.22. The SMILES string of the molecule is CNc1cc(NCCn2cc(C)cn2)nc(C(C)(C)C)n1. The minimum absolute atomic E-state index is 0.0810. The van der Waals surface area contributed by atoms with Gasteiger partial charge in [0.05, 0.1) is 12.7 Å². The molecule has 0 aromatic carbocycles. The molecular weight excluding hydrogens is 264 g/mol. The summed E-state index contributed by atoms with van der Waals surface area (Å²) in [5.41, 5.74) is 1.09. The van der Waals surface area contributed by atoms with Gasteiger partial charge in [-0.15, -0.1) is 0 Å². The van der Waals surface area contributed by atoms with Crippen molar-refractivity contribution >= 4 is 11.6 Å². The number of hydrogen-bond acceptors (Lipinski definition) is 5. The van der Waals surface area contributed by atoms with Crippen molar-refractivity contribution in [3.05, 3.63) is 29.8 Å². The maximum atomic E-state index is 4.60. The average Bonchev–Trinajstić information content (AvgIpc) is 2.83. The van der Waals surface area contributed by atoms with Crippen molar-refractivity contribution < 1.29 is 0 Å². The van der Waals surface area contributed by atoms with Crippen molar-refractivity contribution in [1.29, 1.82) is 0 Å². The van der Waals surface area contributed by atoms with Crippen molar-refractivity contribution in [2.45, 2.75) is 39.7 Å². The molecule has 0 aliphatic heterocycles. The summed E-state index contributed by atoms with van der Waals surface area (Å²) in [5.74, 6) is 2.49. The van der Waals surface area contributed by atoms with Crippen LogP contribution < -0.4 is 10.6 Å². The molecule has 0 fully saturated rings. The Kier molecular flexibility index (Phi) is 4.45. The van der Waals surface area contributed by atoms with Crippen molar-refractivity contribution in [3.63, 3.8) is 0 Å². The summed E-state index contributed by atoms with van der Waals surface area (Å²) in [6.07, 6.45) is 3.89. The zero-order valence-corrected chi connectivity index (χ0v) is 13.4. The van der Waals surface area contributed by atoms with Crippen LogP contribution >= 0.6 is 0 Å². The number of rotatable bonds is 5. The Balaban J connectivity index is 2.05. The minimum Gasteiger partial charge on any atom is -0.373 e. The van der Waals surface area contributed by atoms with Crippen LogP contribution in [-0.4, -0.2) is 33.3 Å². The highest BCUT2D eigenvalue weighted by Gasteiger charge is 2.18. The van der Waals surface area contributed by atoms with Crippen LogP contribution in [0.4, 0.5) is 11.6 Å². The maximum absolute atomic E-state index is 4.60. The van der Waals surface area contributed by atoms with Crippen LogP contribution in [0.2, 0.25) is 0 Å². The molecule has 0 aliphatic carbocycles. The molecule has 21 heavy (non-hydrogen) atoms. The molecule has 2 rings (SSSR count). The van der Waals surface area contributed by atoms with E-state index in [1.54, 1.807) is 0 Å². The number of aryl methyl sites for hydroxylation is 1. The van der Waals surface area contributed by atoms with E-state index in [-0.39, 0.29) is 5.41 Å². The molecule has 114 valence electrons. The molecule has 0 spiro atoms. The van der Waals surface area contributed by atoms with E-state index in [4.69, 9.17) is 0 Å². The second-order valence-electron chi connectivity index (χ2n) is 6.17. The molecule has 0 saturated carbocycles. The number of nitrogens with one attached hydrogen (secondary N) is 2. The molecule has 2 N–H and O–H groups in total. The molecule has 0 aliphatic rings. The highest BCUT2D eigenvalue weighted by atomic mass is 15.3. The predicted octanol–water partition coefficient (Wildman–Crippen LogP) is 2.43. The van der Waals surface area contributed by atoms with Crippen molar-refractivity contribution in [2.75, 3.05) is 24.2 Å². The zero-order valence-electron chi connectivity index (χ0n) is 13.4. The van der Waals surface area contributed by atoms with E-state index in [0.29, 0.717) is 0 Å². The summed E-state index contributed by atoms with van der Waals surface area (Å²) < 4.78 is 1.92. The average molecular weight is 288 g/mol. The van der Waals surface area contributed by atoms with Gasteiger partial charge in [0.25, 0.3) is 0 Å². The van der Waals surface area contributed by atoms with Gasteiger partial charge in [-0.25, -0.2) is 9.97 Å². The third-order valence-corrected chi connectivity index (χ3v) is 3.06. The Morgan fingerprint density at radius 1 is 1.19 bits per heavy atom. The van der Waals surface area contributed by atoms with Gasteiger partial charge in [-0.2, -0.15) is 5.10 Å². The van der Waals surface area contributed by atoms with Crippen LogP contribution in [0.3, 0.4) is 0 Å². The fourth-order valence-corrected chi connectivity index (χ4v) is 1.89. The first-order chi connectivity index (χ1) is 9.88. The molecule has 0 saturated heterocycles. The Hall–Kier alpha value is -2.11. The van der Waals surface area contributed by atoms with Gasteiger partial charge in [0, 0.05) is 31.3 Å². The maximum Gasteiger partial charge on any atom is 0.138 e. The Bertz CT molecular complexity index is 596. The van der Waals surface area contributed by atoms with Gasteiger partial charge in [0.15, 0.2) is 0 Å². The Morgan fingerprint density at radius 2 is 1.90 bits per heavy atom. The first kappa shape index (κ1) is 15.3. The van der Waals surface area contributed by atoms with Gasteiger partial charge in [0.2, 0.25) is 0 Å². The molecule has 2 heterocycles. The first-order valence-electron chi connectivity index (χ1n) is 7.19. The number of nitrogens with zero attached hydrogens (tertiary/aromatic N) is 4. The molecule has 0 amide bonds. The third kappa shape index (κ3) is 4.18. The molecule has 2 aromatic heterocycles. The van der Waals surface area contributed by atoms with Crippen LogP contribution in [0.1, 0.15) is 32.2 Å². The number of hydrogen-bond donors (Lipinski definition) is 2. The molecule has 0 bridgehead atoms. The summed E-state index contributed by atoms with van der Waals surface area (Å²) in [6.45, 7) is 9.94. The molecular formula is C15H24N6. The standard InChI is InChI=1S/C15H24N6/c1-11-9-18-21(10-11)7-6-17-13-8-12(16-5)19-14(20-13)15(2,3)4/h8-10H,6-7H2,1-5H3,(H2,16,17,19,20). The van der Waals surface area contributed by atoms with E-state index in [1.807, 2.05) is 37.1 Å². The number of aromatic nitrogens is 4. The molecule has 0 unspecified atom stereocenters. The summed E-state index contributed by atoms with van der Waals surface area (Å²) in [7, 11) is 1.87. The lowest BCUT2D eigenvalue weighted by Gasteiger charge is -2.18. The monoisotopic (exact) mass is 288 g/mol. The van der Waals surface area contributed by atoms with Gasteiger partial charge >= 0.3 is 0 Å². The summed E-state index contributed by atoms with van der Waals surface area (Å²) in [4.78, 5) is 9.11. The normalized spacial score (nSPS) is 11.5. The van der Waals surface area contributed by atoms with Crippen LogP contribution in [-0.2, 0) is 12.0 Å². The van der Waals surface area contributed by atoms with Crippen LogP contribution in [0.15, 0.2) is 18.5 Å². The van der Waals surface area contributed by atoms with Gasteiger partial charge in [-0.3, -0.25) is 4.68 Å². The minimum atomic E-state index is -0.0810. The summed E-state index contributed by atoms with van der Waals surface area (Å²) in [5, 5.41) is 10.7. The third-order valence-electron chi connectivity index (χ3n) is 3.06. The zero-order chi connectivity index (χ0) is 15.5. The molecule has 0 atom stereocenters. The molecule has 2 aromatic rings. The van der Waals surface area contributed by atoms with Crippen molar-refractivity contribution in [2.24, 2.45) is 0 Å². The van der Waals surface area contributed by atoms with Crippen molar-refractivity contribution in [3.8, 4) is 0 Å². The Labute approximate surface area is 126 Å². The largest absolute Gasteiger partial charge is 0.373 e. The van der Waals surface area contributed by atoms with Crippen molar-refractivity contribution in [1.82, 2.24) is 19.7 Å². The smallest absolute Gasteiger partial charge is 0.138 e. The van der Waals surface area contributed by atoms with E-state index in [9.17, 15) is 0 Å². The van der Waals surface area contributed by atoms with Gasteiger partial charge in [-0.05, 0) is 12.5 Å². The predicted molar refractivity (Wildman–Crippen MR) is 85.7 cm³/mol. The fraction of sp³-hybridized carbons (Fsp3) is 0.533. The molecule has 0 radical (unpaired) electrons. The van der Waals surface area contributed by atoms with E-state index in [1.165, 1.54) is 5.56 Å². The lowest BCUT2D eigenvalue weighted by Crippen LogP contribution is -2.19. The van der Waals surface area contributed by atoms with E-state index >= 15 is 0 Å². The van der Waals surface area contributed by atoms with Gasteiger partial charge in [0.1, 0.15) is 17.5 Å². The highest BCUT2D eigenvalue weighted by molar-refractivity contribution is 5.47. The van der Waals surface area contributed by atoms with Gasteiger partial charge in [-0.1, -0.05) is 20.8 Å². The van der Waals surface area contributed by atoms with Crippen LogP contribution in [0.25, 0.3) is 0 Å². The van der Waals surface area contributed by atoms with Crippen LogP contribution in [0, 0.1) is 6.92 Å². The topological polar surface area (TPSA) is 67.7 Å². The van der Waals surface area contributed by atoms with E-state index in [0.717, 1.165) is 30.5 Å². The summed E-state index contributed by atoms with van der Waals surface area (Å²) >= 11 is 0. The molecule has 6 nitrogen and oxygen atoms in total. The Morgan fingerprint density at radius 3 is 2.48 bits per heavy atom. The quantitative estimate of drug-likeness (QED) is 0.884. The lowest BCUT2D eigenvalue weighted by atomic mass is 9.96.